The van der Waals surface area contributed by atoms with Crippen molar-refractivity contribution in [2.24, 2.45) is 0 Å². The van der Waals surface area contributed by atoms with Crippen molar-refractivity contribution >= 4 is 15.6 Å². The van der Waals surface area contributed by atoms with E-state index in [-0.39, 0.29) is 12.0 Å². The molecule has 9 heteroatoms. The molecule has 0 radical (unpaired) electrons. The van der Waals surface area contributed by atoms with Crippen LogP contribution in [-0.4, -0.2) is 21.3 Å². The van der Waals surface area contributed by atoms with E-state index < -0.39 is 35.2 Å². The molecule has 0 bridgehead atoms. The number of allylic oxidation sites excluding steroid dienone is 3. The molecule has 0 saturated heterocycles. The second-order valence-electron chi connectivity index (χ2n) is 3.79. The largest absolute Gasteiger partial charge is 0.481 e. The van der Waals surface area contributed by atoms with Crippen LogP contribution in [0.3, 0.4) is 0 Å². The lowest BCUT2D eigenvalue weighted by molar-refractivity contribution is 0.191. The molecule has 0 aliphatic heterocycles. The highest BCUT2D eigenvalue weighted by Crippen LogP contribution is 2.57. The molecular formula is C10H20O7P2. The van der Waals surface area contributed by atoms with Crippen LogP contribution in [-0.2, 0) is 18.0 Å². The van der Waals surface area contributed by atoms with Crippen LogP contribution in [0, 0.1) is 0 Å². The van der Waals surface area contributed by atoms with Gasteiger partial charge in [0, 0.05) is 4.11 Å². The predicted molar refractivity (Wildman–Crippen MR) is 71.3 cm³/mol. The second-order valence-corrected chi connectivity index (χ2v) is 6.62. The SMILES string of the molecule is [2H]/C(COP(=O)(O)OP(=O)(O)O)=C(\CCC=C(C)C)C([2H])([2H])[2H]. The number of rotatable bonds is 8. The van der Waals surface area contributed by atoms with Crippen molar-refractivity contribution in [3.8, 4) is 0 Å². The lowest BCUT2D eigenvalue weighted by Crippen LogP contribution is -1.94. The minimum Gasteiger partial charge on any atom is -0.302 e. The Balaban J connectivity index is 5.08. The van der Waals surface area contributed by atoms with E-state index in [1.165, 1.54) is 0 Å². The Bertz CT molecular complexity index is 560. The summed E-state index contributed by atoms with van der Waals surface area (Å²) < 4.78 is 59.4. The van der Waals surface area contributed by atoms with Crippen LogP contribution in [0.4, 0.5) is 0 Å². The van der Waals surface area contributed by atoms with Crippen molar-refractivity contribution in [2.75, 3.05) is 6.61 Å². The van der Waals surface area contributed by atoms with Crippen molar-refractivity contribution in [2.45, 2.75) is 33.5 Å². The summed E-state index contributed by atoms with van der Waals surface area (Å²) in [6.45, 7) is 0.117. The zero-order valence-electron chi connectivity index (χ0n) is 14.6. The molecule has 112 valence electrons. The van der Waals surface area contributed by atoms with E-state index in [4.69, 9.17) is 20.2 Å². The molecule has 0 aliphatic rings. The highest BCUT2D eigenvalue weighted by Gasteiger charge is 2.31. The molecule has 3 N–H and O–H groups in total. The molecule has 0 heterocycles. The highest BCUT2D eigenvalue weighted by atomic mass is 31.3. The van der Waals surface area contributed by atoms with E-state index in [0.29, 0.717) is 6.42 Å². The monoisotopic (exact) mass is 318 g/mol. The zero-order chi connectivity index (χ0) is 18.5. The van der Waals surface area contributed by atoms with E-state index in [9.17, 15) is 9.13 Å². The van der Waals surface area contributed by atoms with Crippen molar-refractivity contribution in [1.29, 1.82) is 0 Å². The van der Waals surface area contributed by atoms with Gasteiger partial charge in [0.1, 0.15) is 0 Å². The maximum absolute atomic E-state index is 11.3. The van der Waals surface area contributed by atoms with E-state index >= 15 is 0 Å². The van der Waals surface area contributed by atoms with E-state index in [2.05, 4.69) is 8.83 Å². The molecule has 0 aromatic rings. The third-order valence-corrected chi connectivity index (χ3v) is 3.80. The summed E-state index contributed by atoms with van der Waals surface area (Å²) in [5, 5.41) is 0. The summed E-state index contributed by atoms with van der Waals surface area (Å²) in [5.74, 6) is 0. The first-order chi connectivity index (χ1) is 10.1. The summed E-state index contributed by atoms with van der Waals surface area (Å²) >= 11 is 0. The zero-order valence-corrected chi connectivity index (χ0v) is 12.4. The summed E-state index contributed by atoms with van der Waals surface area (Å²) in [5.41, 5.74) is 0.693. The van der Waals surface area contributed by atoms with Gasteiger partial charge in [-0.15, -0.1) is 0 Å². The van der Waals surface area contributed by atoms with Gasteiger partial charge in [-0.2, -0.15) is 4.31 Å². The van der Waals surface area contributed by atoms with Crippen molar-refractivity contribution in [3.05, 3.63) is 23.3 Å². The van der Waals surface area contributed by atoms with Gasteiger partial charge in [0.15, 0.2) is 0 Å². The van der Waals surface area contributed by atoms with Gasteiger partial charge in [-0.1, -0.05) is 23.3 Å². The van der Waals surface area contributed by atoms with E-state index in [1.54, 1.807) is 6.08 Å². The third kappa shape index (κ3) is 12.5. The van der Waals surface area contributed by atoms with Crippen molar-refractivity contribution in [1.82, 2.24) is 0 Å². The van der Waals surface area contributed by atoms with Gasteiger partial charge in [0.05, 0.1) is 7.98 Å². The van der Waals surface area contributed by atoms with Crippen LogP contribution in [0.5, 0.6) is 0 Å². The Labute approximate surface area is 118 Å². The Morgan fingerprint density at radius 2 is 2.00 bits per heavy atom. The van der Waals surface area contributed by atoms with Crippen LogP contribution in [0.2, 0.25) is 0 Å². The Morgan fingerprint density at radius 3 is 2.47 bits per heavy atom. The number of hydrogen-bond donors (Lipinski definition) is 3. The average molecular weight is 318 g/mol. The molecule has 0 amide bonds. The number of hydrogen-bond acceptors (Lipinski definition) is 4. The van der Waals surface area contributed by atoms with Gasteiger partial charge in [-0.25, -0.2) is 9.13 Å². The van der Waals surface area contributed by atoms with Crippen LogP contribution in [0.25, 0.3) is 0 Å². The van der Waals surface area contributed by atoms with Crippen LogP contribution < -0.4 is 0 Å². The van der Waals surface area contributed by atoms with Gasteiger partial charge in [0.25, 0.3) is 0 Å². The van der Waals surface area contributed by atoms with Gasteiger partial charge in [-0.05, 0) is 33.5 Å². The van der Waals surface area contributed by atoms with Crippen LogP contribution in [0.1, 0.15) is 39.0 Å². The molecule has 7 nitrogen and oxygen atoms in total. The second kappa shape index (κ2) is 8.12. The van der Waals surface area contributed by atoms with Gasteiger partial charge >= 0.3 is 15.6 Å². The molecule has 0 spiro atoms. The van der Waals surface area contributed by atoms with E-state index in [1.807, 2.05) is 13.8 Å². The predicted octanol–water partition coefficient (Wildman–Crippen LogP) is 2.91. The summed E-state index contributed by atoms with van der Waals surface area (Å²) in [4.78, 5) is 26.0. The standard InChI is InChI=1S/C10H20O7P2/c1-9(2)5-4-6-10(3)7-8-16-19(14,15)17-18(11,12)13/h5,7H,4,6,8H2,1-3H3,(H,14,15)(H2,11,12,13)/b10-7+/i3D3,7D. The molecule has 1 atom stereocenters. The molecular weight excluding hydrogens is 294 g/mol. The fourth-order valence-corrected chi connectivity index (χ4v) is 2.44. The van der Waals surface area contributed by atoms with Gasteiger partial charge < -0.3 is 14.7 Å². The Hall–Kier alpha value is -0.260. The fourth-order valence-electron chi connectivity index (χ4n) is 0.953. The highest BCUT2D eigenvalue weighted by molar-refractivity contribution is 7.60. The minimum atomic E-state index is -5.27. The topological polar surface area (TPSA) is 113 Å². The Morgan fingerprint density at radius 1 is 1.37 bits per heavy atom. The number of phosphoric acid groups is 2. The smallest absolute Gasteiger partial charge is 0.302 e. The van der Waals surface area contributed by atoms with E-state index in [0.717, 1.165) is 5.57 Å². The summed E-state index contributed by atoms with van der Waals surface area (Å²) in [7, 11) is -10.4. The van der Waals surface area contributed by atoms with Crippen molar-refractivity contribution < 1.29 is 38.1 Å². The molecule has 0 aromatic heterocycles. The average Bonchev–Trinajstić information content (AvgIpc) is 2.27. The maximum Gasteiger partial charge on any atom is 0.481 e. The van der Waals surface area contributed by atoms with Gasteiger partial charge in [0.2, 0.25) is 0 Å². The number of phosphoric ester groups is 1. The molecule has 0 fully saturated rings. The lowest BCUT2D eigenvalue weighted by Gasteiger charge is -2.11. The summed E-state index contributed by atoms with van der Waals surface area (Å²) in [6, 6.07) is -0.573. The normalized spacial score (nSPS) is 20.3. The lowest BCUT2D eigenvalue weighted by atomic mass is 10.1. The first-order valence-electron chi connectivity index (χ1n) is 7.21. The quantitative estimate of drug-likeness (QED) is 0.466. The molecule has 0 aromatic carbocycles. The minimum absolute atomic E-state index is 0.0129. The molecule has 0 saturated carbocycles. The van der Waals surface area contributed by atoms with Crippen LogP contribution >= 0.6 is 15.6 Å². The van der Waals surface area contributed by atoms with Crippen LogP contribution in [0.15, 0.2) is 23.3 Å². The first kappa shape index (κ1) is 12.5. The first-order valence-corrected chi connectivity index (χ1v) is 8.23. The fraction of sp³-hybridized carbons (Fsp3) is 0.600. The molecule has 0 aliphatic carbocycles. The molecule has 19 heavy (non-hydrogen) atoms. The maximum atomic E-state index is 11.3. The Kier molecular flexibility index (Phi) is 5.33. The molecule has 1 unspecified atom stereocenters. The molecule has 0 rings (SSSR count). The summed E-state index contributed by atoms with van der Waals surface area (Å²) in [6.07, 6.45) is 2.14. The van der Waals surface area contributed by atoms with Gasteiger partial charge in [-0.3, -0.25) is 4.52 Å². The third-order valence-electron chi connectivity index (χ3n) is 1.67. The van der Waals surface area contributed by atoms with Crippen molar-refractivity contribution in [3.63, 3.8) is 0 Å².